The largest absolute Gasteiger partial charge is 0.462 e. The van der Waals surface area contributed by atoms with E-state index < -0.39 is 54.7 Å². The lowest BCUT2D eigenvalue weighted by Crippen LogP contribution is -2.58. The van der Waals surface area contributed by atoms with E-state index in [0.717, 1.165) is 38.5 Å². The number of hydrogen-bond acceptors (Lipinski definition) is 14. The molecule has 2 rings (SSSR count). The minimum Gasteiger partial charge on any atom is -0.462 e. The smallest absolute Gasteiger partial charge is 0.306 e. The number of nitrogens with zero attached hydrogens (tertiary/aromatic N) is 3. The molecule has 0 aliphatic carbocycles. The van der Waals surface area contributed by atoms with E-state index in [1.165, 1.54) is 22.6 Å². The van der Waals surface area contributed by atoms with Gasteiger partial charge in [-0.25, -0.2) is 4.68 Å². The molecule has 1 aromatic heterocycles. The van der Waals surface area contributed by atoms with Gasteiger partial charge in [-0.15, -0.1) is 5.10 Å². The molecule has 7 unspecified atom stereocenters. The minimum absolute atomic E-state index is 0.0283. The molecule has 49 heavy (non-hydrogen) atoms. The standard InChI is InChI=1S/C32H55N5O11S/c1-4-7-10-13-25(38)33-22(20-49-19-21(47-27(40)15-12-9-6-3)18-46-26(39)14-11-8-5-2)31(44)34-24-17-37(36-35-24)16-23-28(41)29(42)30(43)32(45)48-23/h17,21-23,28-30,32,41-43,45H,4-16,18-20H2,1-3H3,(H,33,38)(H,34,44). The lowest BCUT2D eigenvalue weighted by atomic mass is 9.99. The van der Waals surface area contributed by atoms with Crippen LogP contribution in [0.3, 0.4) is 0 Å². The summed E-state index contributed by atoms with van der Waals surface area (Å²) in [7, 11) is 0. The number of carbonyl (C=O) groups is 4. The molecule has 16 nitrogen and oxygen atoms in total. The summed E-state index contributed by atoms with van der Waals surface area (Å²) in [5.41, 5.74) is 0. The minimum atomic E-state index is -1.72. The molecule has 6 N–H and O–H groups in total. The van der Waals surface area contributed by atoms with E-state index in [0.29, 0.717) is 19.3 Å². The van der Waals surface area contributed by atoms with Crippen LogP contribution in [0, 0.1) is 0 Å². The highest BCUT2D eigenvalue weighted by molar-refractivity contribution is 7.99. The Morgan fingerprint density at radius 1 is 0.878 bits per heavy atom. The number of nitrogens with one attached hydrogen (secondary N) is 2. The number of esters is 2. The fraction of sp³-hybridized carbons (Fsp3) is 0.812. The van der Waals surface area contributed by atoms with Gasteiger partial charge in [0.1, 0.15) is 43.2 Å². The topological polar surface area (TPSA) is 232 Å². The van der Waals surface area contributed by atoms with E-state index in [1.807, 2.05) is 20.8 Å². The molecule has 0 radical (unpaired) electrons. The normalized spacial score (nSPS) is 21.8. The van der Waals surface area contributed by atoms with Gasteiger partial charge in [0.05, 0.1) is 12.7 Å². The number of carbonyl (C=O) groups excluding carboxylic acids is 4. The van der Waals surface area contributed by atoms with Gasteiger partial charge in [0.2, 0.25) is 11.8 Å². The van der Waals surface area contributed by atoms with Crippen LogP contribution < -0.4 is 10.6 Å². The monoisotopic (exact) mass is 717 g/mol. The van der Waals surface area contributed by atoms with Crippen molar-refractivity contribution >= 4 is 41.3 Å². The number of thioether (sulfide) groups is 1. The first kappa shape index (κ1) is 42.3. The fourth-order valence-electron chi connectivity index (χ4n) is 4.88. The van der Waals surface area contributed by atoms with Gasteiger partial charge < -0.3 is 45.3 Å². The molecule has 280 valence electrons. The van der Waals surface area contributed by atoms with Crippen LogP contribution in [0.25, 0.3) is 0 Å². The van der Waals surface area contributed by atoms with E-state index in [-0.39, 0.29) is 61.6 Å². The van der Waals surface area contributed by atoms with Crippen molar-refractivity contribution in [3.63, 3.8) is 0 Å². The van der Waals surface area contributed by atoms with E-state index in [9.17, 15) is 39.6 Å². The molecule has 7 atom stereocenters. The molecule has 2 heterocycles. The van der Waals surface area contributed by atoms with Crippen molar-refractivity contribution in [2.24, 2.45) is 0 Å². The summed E-state index contributed by atoms with van der Waals surface area (Å²) < 4.78 is 17.4. The lowest BCUT2D eigenvalue weighted by molar-refractivity contribution is -0.284. The molecule has 0 spiro atoms. The zero-order valence-electron chi connectivity index (χ0n) is 28.8. The summed E-state index contributed by atoms with van der Waals surface area (Å²) in [6.45, 7) is 5.80. The van der Waals surface area contributed by atoms with Crippen molar-refractivity contribution in [1.82, 2.24) is 20.3 Å². The van der Waals surface area contributed by atoms with Crippen LogP contribution in [0.1, 0.15) is 97.8 Å². The molecule has 1 aliphatic rings. The van der Waals surface area contributed by atoms with Gasteiger partial charge in [-0.2, -0.15) is 11.8 Å². The highest BCUT2D eigenvalue weighted by Crippen LogP contribution is 2.21. The lowest BCUT2D eigenvalue weighted by Gasteiger charge is -2.38. The van der Waals surface area contributed by atoms with Crippen molar-refractivity contribution in [2.45, 2.75) is 147 Å². The Morgan fingerprint density at radius 3 is 2.16 bits per heavy atom. The summed E-state index contributed by atoms with van der Waals surface area (Å²) in [6, 6.07) is -1.00. The van der Waals surface area contributed by atoms with Crippen LogP contribution in [-0.2, 0) is 39.9 Å². The number of aromatic nitrogens is 3. The third kappa shape index (κ3) is 16.2. The van der Waals surface area contributed by atoms with Crippen molar-refractivity contribution in [1.29, 1.82) is 0 Å². The van der Waals surface area contributed by atoms with Crippen molar-refractivity contribution < 1.29 is 53.8 Å². The third-order valence-electron chi connectivity index (χ3n) is 7.79. The van der Waals surface area contributed by atoms with Gasteiger partial charge in [-0.1, -0.05) is 64.5 Å². The van der Waals surface area contributed by atoms with Gasteiger partial charge in [0.15, 0.2) is 12.1 Å². The number of anilines is 1. The number of rotatable bonds is 24. The second-order valence-corrected chi connectivity index (χ2v) is 13.3. The SMILES string of the molecule is CCCCCC(=O)NC(CSCC(COC(=O)CCCCC)OC(=O)CCCCC)C(=O)Nc1cn(CC2OC(O)C(O)C(O)C2O)nn1. The van der Waals surface area contributed by atoms with Crippen LogP contribution in [-0.4, -0.2) is 120 Å². The predicted octanol–water partition coefficient (Wildman–Crippen LogP) is 1.43. The summed E-state index contributed by atoms with van der Waals surface area (Å²) in [6.07, 6.45) is 1.21. The zero-order valence-corrected chi connectivity index (χ0v) is 29.6. The van der Waals surface area contributed by atoms with Gasteiger partial charge in [0, 0.05) is 30.8 Å². The molecule has 2 amide bonds. The Morgan fingerprint density at radius 2 is 1.51 bits per heavy atom. The molecule has 1 fully saturated rings. The van der Waals surface area contributed by atoms with Crippen LogP contribution in [0.5, 0.6) is 0 Å². The van der Waals surface area contributed by atoms with Crippen LogP contribution in [0.4, 0.5) is 5.82 Å². The molecular formula is C32H55N5O11S. The van der Waals surface area contributed by atoms with Crippen molar-refractivity contribution in [2.75, 3.05) is 23.4 Å². The maximum absolute atomic E-state index is 13.4. The molecular weight excluding hydrogens is 662 g/mol. The maximum Gasteiger partial charge on any atom is 0.306 e. The first-order valence-corrected chi connectivity index (χ1v) is 18.4. The Labute approximate surface area is 292 Å². The Bertz CT molecular complexity index is 1140. The van der Waals surface area contributed by atoms with Crippen LogP contribution in [0.15, 0.2) is 6.20 Å². The molecule has 1 saturated heterocycles. The summed E-state index contributed by atoms with van der Waals surface area (Å²) in [5, 5.41) is 52.8. The molecule has 0 aromatic carbocycles. The van der Waals surface area contributed by atoms with Gasteiger partial charge in [-0.05, 0) is 19.3 Å². The highest BCUT2D eigenvalue weighted by Gasteiger charge is 2.43. The average molecular weight is 718 g/mol. The van der Waals surface area contributed by atoms with Gasteiger partial charge in [-0.3, -0.25) is 19.2 Å². The van der Waals surface area contributed by atoms with Crippen LogP contribution in [0.2, 0.25) is 0 Å². The Balaban J connectivity index is 2.05. The molecule has 0 saturated carbocycles. The fourth-order valence-corrected chi connectivity index (χ4v) is 5.92. The first-order valence-electron chi connectivity index (χ1n) is 17.3. The average Bonchev–Trinajstić information content (AvgIpc) is 3.51. The quantitative estimate of drug-likeness (QED) is 0.0657. The number of hydrogen-bond donors (Lipinski definition) is 6. The second kappa shape index (κ2) is 23.6. The second-order valence-electron chi connectivity index (χ2n) is 12.2. The number of aliphatic hydroxyl groups is 4. The number of ether oxygens (including phenoxy) is 3. The van der Waals surface area contributed by atoms with Crippen molar-refractivity contribution in [3.05, 3.63) is 6.20 Å². The number of unbranched alkanes of at least 4 members (excludes halogenated alkanes) is 6. The highest BCUT2D eigenvalue weighted by atomic mass is 32.2. The van der Waals surface area contributed by atoms with Crippen molar-refractivity contribution in [3.8, 4) is 0 Å². The van der Waals surface area contributed by atoms with Gasteiger partial charge in [0.25, 0.3) is 0 Å². The number of aliphatic hydroxyl groups excluding tert-OH is 4. The van der Waals surface area contributed by atoms with E-state index in [4.69, 9.17) is 14.2 Å². The summed E-state index contributed by atoms with van der Waals surface area (Å²) in [5.74, 6) is -1.31. The Hall–Kier alpha value is -2.83. The predicted molar refractivity (Wildman–Crippen MR) is 180 cm³/mol. The number of amides is 2. The molecule has 0 bridgehead atoms. The van der Waals surface area contributed by atoms with E-state index in [2.05, 4.69) is 20.9 Å². The van der Waals surface area contributed by atoms with Crippen LogP contribution >= 0.6 is 11.8 Å². The maximum atomic E-state index is 13.4. The molecule has 1 aliphatic heterocycles. The zero-order chi connectivity index (χ0) is 36.2. The van der Waals surface area contributed by atoms with E-state index in [1.54, 1.807) is 0 Å². The first-order chi connectivity index (χ1) is 23.5. The summed E-state index contributed by atoms with van der Waals surface area (Å²) >= 11 is 1.25. The van der Waals surface area contributed by atoms with E-state index >= 15 is 0 Å². The summed E-state index contributed by atoms with van der Waals surface area (Å²) in [4.78, 5) is 50.8. The molecule has 17 heteroatoms. The third-order valence-corrected chi connectivity index (χ3v) is 8.97. The van der Waals surface area contributed by atoms with Gasteiger partial charge >= 0.3 is 11.9 Å². The Kier molecular flexibility index (Phi) is 20.3. The molecule has 1 aromatic rings.